The summed E-state index contributed by atoms with van der Waals surface area (Å²) in [6, 6.07) is 0. The van der Waals surface area contributed by atoms with Crippen molar-refractivity contribution in [1.82, 2.24) is 5.32 Å². The van der Waals surface area contributed by atoms with Crippen LogP contribution in [-0.2, 0) is 4.74 Å². The Morgan fingerprint density at radius 2 is 2.13 bits per heavy atom. The van der Waals surface area contributed by atoms with E-state index in [0.29, 0.717) is 5.41 Å². The van der Waals surface area contributed by atoms with Gasteiger partial charge in [0.15, 0.2) is 0 Å². The van der Waals surface area contributed by atoms with Gasteiger partial charge in [0.1, 0.15) is 0 Å². The van der Waals surface area contributed by atoms with Crippen LogP contribution in [0, 0.1) is 11.3 Å². The fourth-order valence-corrected chi connectivity index (χ4v) is 2.73. The summed E-state index contributed by atoms with van der Waals surface area (Å²) in [7, 11) is 1.76. The van der Waals surface area contributed by atoms with Gasteiger partial charge in [-0.05, 0) is 24.2 Å². The highest BCUT2D eigenvalue weighted by atomic mass is 16.5. The molecule has 1 saturated carbocycles. The van der Waals surface area contributed by atoms with E-state index in [-0.39, 0.29) is 0 Å². The van der Waals surface area contributed by atoms with Crippen molar-refractivity contribution in [2.45, 2.75) is 46.0 Å². The van der Waals surface area contributed by atoms with Crippen LogP contribution in [0.25, 0.3) is 0 Å². The first-order chi connectivity index (χ1) is 7.25. The van der Waals surface area contributed by atoms with E-state index in [9.17, 15) is 0 Å². The minimum Gasteiger partial charge on any atom is -0.383 e. The van der Waals surface area contributed by atoms with Crippen LogP contribution >= 0.6 is 0 Å². The maximum absolute atomic E-state index is 5.05. The van der Waals surface area contributed by atoms with Crippen molar-refractivity contribution >= 4 is 0 Å². The summed E-state index contributed by atoms with van der Waals surface area (Å²) in [5.74, 6) is 0.881. The van der Waals surface area contributed by atoms with Crippen molar-refractivity contribution in [3.8, 4) is 0 Å². The molecule has 1 N–H and O–H groups in total. The molecule has 2 nitrogen and oxygen atoms in total. The van der Waals surface area contributed by atoms with Crippen LogP contribution < -0.4 is 5.32 Å². The quantitative estimate of drug-likeness (QED) is 0.626. The van der Waals surface area contributed by atoms with E-state index in [1.807, 2.05) is 0 Å². The molecule has 90 valence electrons. The summed E-state index contributed by atoms with van der Waals surface area (Å²) in [5.41, 5.74) is 0.615. The first kappa shape index (κ1) is 13.0. The van der Waals surface area contributed by atoms with Gasteiger partial charge >= 0.3 is 0 Å². The molecule has 0 spiro atoms. The van der Waals surface area contributed by atoms with Crippen LogP contribution in [0.4, 0.5) is 0 Å². The average molecular weight is 213 g/mol. The summed E-state index contributed by atoms with van der Waals surface area (Å²) >= 11 is 0. The predicted molar refractivity (Wildman–Crippen MR) is 65.1 cm³/mol. The molecule has 1 aliphatic rings. The van der Waals surface area contributed by atoms with Gasteiger partial charge in [-0.3, -0.25) is 0 Å². The number of rotatable bonds is 8. The molecule has 2 heteroatoms. The number of nitrogens with one attached hydrogen (secondary N) is 1. The maximum Gasteiger partial charge on any atom is 0.0587 e. The summed E-state index contributed by atoms with van der Waals surface area (Å²) < 4.78 is 5.05. The standard InChI is InChI=1S/C13H27NO/c1-4-6-12(2)13(7-5-8-13)11-14-9-10-15-3/h12,14H,4-11H2,1-3H3. The first-order valence-corrected chi connectivity index (χ1v) is 6.45. The molecule has 0 heterocycles. The summed E-state index contributed by atoms with van der Waals surface area (Å²) in [4.78, 5) is 0. The summed E-state index contributed by atoms with van der Waals surface area (Å²) in [6.07, 6.45) is 6.98. The zero-order valence-corrected chi connectivity index (χ0v) is 10.6. The van der Waals surface area contributed by atoms with E-state index in [2.05, 4.69) is 19.2 Å². The molecule has 1 fully saturated rings. The fraction of sp³-hybridized carbons (Fsp3) is 1.00. The Labute approximate surface area is 94.8 Å². The second-order valence-electron chi connectivity index (χ2n) is 5.08. The highest BCUT2D eigenvalue weighted by Crippen LogP contribution is 2.48. The zero-order valence-electron chi connectivity index (χ0n) is 10.6. The smallest absolute Gasteiger partial charge is 0.0587 e. The molecule has 0 aromatic carbocycles. The average Bonchev–Trinajstić information content (AvgIpc) is 2.16. The molecule has 1 aliphatic carbocycles. The van der Waals surface area contributed by atoms with Gasteiger partial charge in [0.2, 0.25) is 0 Å². The van der Waals surface area contributed by atoms with E-state index in [1.165, 1.54) is 38.6 Å². The summed E-state index contributed by atoms with van der Waals surface area (Å²) in [5, 5.41) is 3.54. The van der Waals surface area contributed by atoms with Crippen molar-refractivity contribution in [1.29, 1.82) is 0 Å². The van der Waals surface area contributed by atoms with Crippen molar-refractivity contribution in [2.24, 2.45) is 11.3 Å². The number of methoxy groups -OCH3 is 1. The molecule has 0 aliphatic heterocycles. The first-order valence-electron chi connectivity index (χ1n) is 6.45. The van der Waals surface area contributed by atoms with Crippen LogP contribution in [0.15, 0.2) is 0 Å². The lowest BCUT2D eigenvalue weighted by Gasteiger charge is -2.47. The molecule has 1 atom stereocenters. The van der Waals surface area contributed by atoms with Crippen molar-refractivity contribution in [3.05, 3.63) is 0 Å². The second kappa shape index (κ2) is 6.49. The molecular weight excluding hydrogens is 186 g/mol. The molecule has 0 amide bonds. The van der Waals surface area contributed by atoms with Crippen molar-refractivity contribution in [2.75, 3.05) is 26.8 Å². The molecule has 0 saturated heterocycles. The molecule has 0 bridgehead atoms. The van der Waals surface area contributed by atoms with Crippen LogP contribution in [0.1, 0.15) is 46.0 Å². The van der Waals surface area contributed by atoms with Crippen LogP contribution in [0.3, 0.4) is 0 Å². The Balaban J connectivity index is 2.26. The minimum absolute atomic E-state index is 0.615. The van der Waals surface area contributed by atoms with E-state index in [4.69, 9.17) is 4.74 Å². The van der Waals surface area contributed by atoms with Crippen LogP contribution in [0.2, 0.25) is 0 Å². The molecule has 0 radical (unpaired) electrons. The predicted octanol–water partition coefficient (Wildman–Crippen LogP) is 2.83. The fourth-order valence-electron chi connectivity index (χ4n) is 2.73. The topological polar surface area (TPSA) is 21.3 Å². The molecule has 1 rings (SSSR count). The number of ether oxygens (including phenoxy) is 1. The Kier molecular flexibility index (Phi) is 5.62. The Morgan fingerprint density at radius 1 is 1.40 bits per heavy atom. The molecule has 0 aromatic rings. The monoisotopic (exact) mass is 213 g/mol. The SMILES string of the molecule is CCCC(C)C1(CNCCOC)CCC1. The third-order valence-corrected chi connectivity index (χ3v) is 4.08. The van der Waals surface area contributed by atoms with Gasteiger partial charge in [0, 0.05) is 20.2 Å². The van der Waals surface area contributed by atoms with Crippen molar-refractivity contribution in [3.63, 3.8) is 0 Å². The number of hydrogen-bond acceptors (Lipinski definition) is 2. The third kappa shape index (κ3) is 3.46. The Bertz CT molecular complexity index is 166. The molecular formula is C13H27NO. The highest BCUT2D eigenvalue weighted by Gasteiger charge is 2.40. The van der Waals surface area contributed by atoms with Gasteiger partial charge in [-0.1, -0.05) is 33.1 Å². The minimum atomic E-state index is 0.615. The van der Waals surface area contributed by atoms with Crippen LogP contribution in [-0.4, -0.2) is 26.8 Å². The Morgan fingerprint density at radius 3 is 2.60 bits per heavy atom. The van der Waals surface area contributed by atoms with Gasteiger partial charge in [-0.25, -0.2) is 0 Å². The maximum atomic E-state index is 5.05. The lowest BCUT2D eigenvalue weighted by Crippen LogP contribution is -2.45. The highest BCUT2D eigenvalue weighted by molar-refractivity contribution is 4.93. The second-order valence-corrected chi connectivity index (χ2v) is 5.08. The van der Waals surface area contributed by atoms with Gasteiger partial charge in [-0.2, -0.15) is 0 Å². The van der Waals surface area contributed by atoms with E-state index < -0.39 is 0 Å². The van der Waals surface area contributed by atoms with E-state index in [1.54, 1.807) is 7.11 Å². The lowest BCUT2D eigenvalue weighted by atomic mass is 9.60. The van der Waals surface area contributed by atoms with E-state index >= 15 is 0 Å². The Hall–Kier alpha value is -0.0800. The van der Waals surface area contributed by atoms with Gasteiger partial charge < -0.3 is 10.1 Å². The van der Waals surface area contributed by atoms with Gasteiger partial charge in [0.05, 0.1) is 6.61 Å². The number of hydrogen-bond donors (Lipinski definition) is 1. The third-order valence-electron chi connectivity index (χ3n) is 4.08. The van der Waals surface area contributed by atoms with E-state index in [0.717, 1.165) is 19.1 Å². The molecule has 15 heavy (non-hydrogen) atoms. The molecule has 0 aromatic heterocycles. The van der Waals surface area contributed by atoms with Gasteiger partial charge in [0.25, 0.3) is 0 Å². The van der Waals surface area contributed by atoms with Crippen molar-refractivity contribution < 1.29 is 4.74 Å². The van der Waals surface area contributed by atoms with Gasteiger partial charge in [-0.15, -0.1) is 0 Å². The van der Waals surface area contributed by atoms with Crippen LogP contribution in [0.5, 0.6) is 0 Å². The largest absolute Gasteiger partial charge is 0.383 e. The zero-order chi connectivity index (χ0) is 11.1. The normalized spacial score (nSPS) is 21.0. The summed E-state index contributed by atoms with van der Waals surface area (Å²) in [6.45, 7) is 7.74. The molecule has 1 unspecified atom stereocenters. The lowest BCUT2D eigenvalue weighted by molar-refractivity contribution is 0.0506.